The number of fused-ring (bicyclic) bond motifs is 1. The molecular formula is C17H19NO6. The minimum atomic E-state index is -0.440. The summed E-state index contributed by atoms with van der Waals surface area (Å²) >= 11 is 0. The molecule has 2 atom stereocenters. The monoisotopic (exact) mass is 333 g/mol. The zero-order chi connectivity index (χ0) is 16.5. The average Bonchev–Trinajstić information content (AvgIpc) is 3.32. The largest absolute Gasteiger partial charge is 0.463 e. The van der Waals surface area contributed by atoms with Crippen molar-refractivity contribution in [3.05, 3.63) is 18.2 Å². The number of carbonyl (C=O) groups is 2. The molecule has 0 aliphatic carbocycles. The van der Waals surface area contributed by atoms with Crippen molar-refractivity contribution in [3.8, 4) is 11.5 Å². The van der Waals surface area contributed by atoms with E-state index in [9.17, 15) is 9.59 Å². The van der Waals surface area contributed by atoms with E-state index in [4.69, 9.17) is 18.9 Å². The fourth-order valence-electron chi connectivity index (χ4n) is 3.24. The number of esters is 1. The Kier molecular flexibility index (Phi) is 4.02. The Labute approximate surface area is 139 Å². The summed E-state index contributed by atoms with van der Waals surface area (Å²) in [6, 6.07) is 5.33. The van der Waals surface area contributed by atoms with Gasteiger partial charge in [0.05, 0.1) is 12.0 Å². The van der Waals surface area contributed by atoms with Crippen molar-refractivity contribution in [1.29, 1.82) is 0 Å². The number of hydrogen-bond donors (Lipinski definition) is 0. The maximum absolute atomic E-state index is 12.3. The number of nitrogens with zero attached hydrogens (tertiary/aromatic N) is 1. The molecule has 1 aromatic carbocycles. The van der Waals surface area contributed by atoms with Crippen LogP contribution in [0.2, 0.25) is 0 Å². The van der Waals surface area contributed by atoms with Crippen LogP contribution in [0.1, 0.15) is 19.3 Å². The molecule has 24 heavy (non-hydrogen) atoms. The van der Waals surface area contributed by atoms with Gasteiger partial charge in [0.15, 0.2) is 11.5 Å². The normalized spacial score (nSPS) is 25.3. The zero-order valence-corrected chi connectivity index (χ0v) is 13.2. The minimum absolute atomic E-state index is 0.00369. The first-order valence-corrected chi connectivity index (χ1v) is 8.19. The minimum Gasteiger partial charge on any atom is -0.463 e. The number of amides is 1. The Morgan fingerprint density at radius 2 is 2.17 bits per heavy atom. The summed E-state index contributed by atoms with van der Waals surface area (Å²) in [5.41, 5.74) is 0.707. The third kappa shape index (κ3) is 2.91. The fourth-order valence-corrected chi connectivity index (χ4v) is 3.24. The molecule has 2 fully saturated rings. The molecule has 0 aromatic heterocycles. The van der Waals surface area contributed by atoms with Gasteiger partial charge < -0.3 is 23.8 Å². The van der Waals surface area contributed by atoms with Crippen molar-refractivity contribution in [3.63, 3.8) is 0 Å². The Balaban J connectivity index is 1.38. The highest BCUT2D eigenvalue weighted by Gasteiger charge is 2.37. The van der Waals surface area contributed by atoms with E-state index in [0.29, 0.717) is 23.7 Å². The van der Waals surface area contributed by atoms with Gasteiger partial charge in [-0.05, 0) is 25.0 Å². The standard InChI is InChI=1S/C17H19NO6/c19-16-6-11(17(20)22-9-13-2-1-5-21-13)8-18(16)12-3-4-14-15(7-12)24-10-23-14/h3-4,7,11,13H,1-2,5-6,8-10H2/t11-,13+/m0/s1. The van der Waals surface area contributed by atoms with E-state index < -0.39 is 5.92 Å². The Morgan fingerprint density at radius 1 is 1.29 bits per heavy atom. The Hall–Kier alpha value is -2.28. The lowest BCUT2D eigenvalue weighted by molar-refractivity contribution is -0.151. The van der Waals surface area contributed by atoms with Crippen LogP contribution in [0.25, 0.3) is 0 Å². The van der Waals surface area contributed by atoms with Crippen molar-refractivity contribution in [2.24, 2.45) is 5.92 Å². The summed E-state index contributed by atoms with van der Waals surface area (Å²) in [7, 11) is 0. The smallest absolute Gasteiger partial charge is 0.311 e. The van der Waals surface area contributed by atoms with Crippen LogP contribution >= 0.6 is 0 Å². The molecule has 0 radical (unpaired) electrons. The third-order valence-electron chi connectivity index (χ3n) is 4.56. The van der Waals surface area contributed by atoms with Crippen molar-refractivity contribution >= 4 is 17.6 Å². The lowest BCUT2D eigenvalue weighted by atomic mass is 10.1. The SMILES string of the molecule is O=C(OC[C@H]1CCCO1)[C@H]1CC(=O)N(c2ccc3c(c2)OCO3)C1. The van der Waals surface area contributed by atoms with Gasteiger partial charge in [-0.2, -0.15) is 0 Å². The second-order valence-electron chi connectivity index (χ2n) is 6.21. The van der Waals surface area contributed by atoms with Gasteiger partial charge in [-0.25, -0.2) is 0 Å². The molecule has 2 saturated heterocycles. The molecule has 0 spiro atoms. The zero-order valence-electron chi connectivity index (χ0n) is 13.2. The first kappa shape index (κ1) is 15.3. The van der Waals surface area contributed by atoms with Crippen LogP contribution < -0.4 is 14.4 Å². The summed E-state index contributed by atoms with van der Waals surface area (Å²) in [6.07, 6.45) is 2.08. The first-order valence-electron chi connectivity index (χ1n) is 8.19. The molecule has 4 rings (SSSR count). The van der Waals surface area contributed by atoms with E-state index >= 15 is 0 Å². The molecule has 0 unspecified atom stereocenters. The second kappa shape index (κ2) is 6.32. The Morgan fingerprint density at radius 3 is 3.00 bits per heavy atom. The van der Waals surface area contributed by atoms with Crippen LogP contribution in [0.5, 0.6) is 11.5 Å². The first-order chi connectivity index (χ1) is 11.7. The lowest BCUT2D eigenvalue weighted by Gasteiger charge is -2.17. The van der Waals surface area contributed by atoms with E-state index in [-0.39, 0.29) is 37.8 Å². The molecule has 1 aromatic rings. The fraction of sp³-hybridized carbons (Fsp3) is 0.529. The van der Waals surface area contributed by atoms with Crippen LogP contribution in [-0.2, 0) is 19.1 Å². The van der Waals surface area contributed by atoms with Gasteiger partial charge in [0, 0.05) is 31.3 Å². The summed E-state index contributed by atoms with van der Waals surface area (Å²) in [6.45, 7) is 1.50. The maximum Gasteiger partial charge on any atom is 0.311 e. The average molecular weight is 333 g/mol. The van der Waals surface area contributed by atoms with E-state index in [0.717, 1.165) is 19.4 Å². The third-order valence-corrected chi connectivity index (χ3v) is 4.56. The highest BCUT2D eigenvalue weighted by atomic mass is 16.7. The molecule has 0 N–H and O–H groups in total. The highest BCUT2D eigenvalue weighted by molar-refractivity contribution is 5.99. The molecule has 0 saturated carbocycles. The molecule has 3 aliphatic rings. The molecule has 3 heterocycles. The number of carbonyl (C=O) groups excluding carboxylic acids is 2. The second-order valence-corrected chi connectivity index (χ2v) is 6.21. The molecule has 0 bridgehead atoms. The van der Waals surface area contributed by atoms with Crippen LogP contribution in [0.3, 0.4) is 0 Å². The molecule has 7 nitrogen and oxygen atoms in total. The highest BCUT2D eigenvalue weighted by Crippen LogP contribution is 2.37. The summed E-state index contributed by atoms with van der Waals surface area (Å²) < 4.78 is 21.4. The van der Waals surface area contributed by atoms with Gasteiger partial charge in [0.2, 0.25) is 12.7 Å². The number of ether oxygens (including phenoxy) is 4. The van der Waals surface area contributed by atoms with E-state index in [1.165, 1.54) is 0 Å². The quantitative estimate of drug-likeness (QED) is 0.777. The van der Waals surface area contributed by atoms with Gasteiger partial charge in [0.1, 0.15) is 6.61 Å². The predicted molar refractivity (Wildman–Crippen MR) is 83.0 cm³/mol. The van der Waals surface area contributed by atoms with Gasteiger partial charge in [0.25, 0.3) is 0 Å². The van der Waals surface area contributed by atoms with E-state index in [2.05, 4.69) is 0 Å². The van der Waals surface area contributed by atoms with Crippen molar-refractivity contribution in [1.82, 2.24) is 0 Å². The Bertz CT molecular complexity index is 654. The molecule has 1 amide bonds. The summed E-state index contributed by atoms with van der Waals surface area (Å²) in [5.74, 6) is 0.418. The van der Waals surface area contributed by atoms with E-state index in [1.54, 1.807) is 23.1 Å². The summed E-state index contributed by atoms with van der Waals surface area (Å²) in [4.78, 5) is 26.1. The number of hydrogen-bond acceptors (Lipinski definition) is 6. The number of anilines is 1. The van der Waals surface area contributed by atoms with E-state index in [1.807, 2.05) is 0 Å². The van der Waals surface area contributed by atoms with Gasteiger partial charge in [-0.15, -0.1) is 0 Å². The molecule has 3 aliphatic heterocycles. The topological polar surface area (TPSA) is 74.3 Å². The van der Waals surface area contributed by atoms with Gasteiger partial charge in [-0.1, -0.05) is 0 Å². The van der Waals surface area contributed by atoms with Crippen molar-refractivity contribution in [2.75, 3.05) is 31.5 Å². The molecular weight excluding hydrogens is 314 g/mol. The predicted octanol–water partition coefficient (Wildman–Crippen LogP) is 1.49. The van der Waals surface area contributed by atoms with Crippen LogP contribution in [0.4, 0.5) is 5.69 Å². The molecule has 7 heteroatoms. The number of rotatable bonds is 4. The maximum atomic E-state index is 12.3. The summed E-state index contributed by atoms with van der Waals surface area (Å²) in [5, 5.41) is 0. The van der Waals surface area contributed by atoms with Crippen LogP contribution in [0, 0.1) is 5.92 Å². The number of benzene rings is 1. The lowest BCUT2D eigenvalue weighted by Crippen LogP contribution is -2.27. The van der Waals surface area contributed by atoms with Gasteiger partial charge in [-0.3, -0.25) is 9.59 Å². The van der Waals surface area contributed by atoms with Crippen LogP contribution in [-0.4, -0.2) is 44.5 Å². The van der Waals surface area contributed by atoms with Gasteiger partial charge >= 0.3 is 5.97 Å². The van der Waals surface area contributed by atoms with Crippen LogP contribution in [0.15, 0.2) is 18.2 Å². The molecule has 128 valence electrons. The van der Waals surface area contributed by atoms with Crippen molar-refractivity contribution < 1.29 is 28.5 Å². The van der Waals surface area contributed by atoms with Crippen molar-refractivity contribution in [2.45, 2.75) is 25.4 Å².